The largest absolute Gasteiger partial charge is 0.397 e. The van der Waals surface area contributed by atoms with Crippen LogP contribution in [0.15, 0.2) is 18.2 Å². The van der Waals surface area contributed by atoms with Crippen molar-refractivity contribution in [1.82, 2.24) is 0 Å². The second kappa shape index (κ2) is 4.95. The zero-order valence-corrected chi connectivity index (χ0v) is 9.17. The number of nitrogens with zero attached hydrogens (tertiary/aromatic N) is 1. The molecule has 0 aliphatic heterocycles. The van der Waals surface area contributed by atoms with Crippen LogP contribution in [0.1, 0.15) is 18.9 Å². The van der Waals surface area contributed by atoms with Crippen LogP contribution in [0.3, 0.4) is 0 Å². The molecule has 0 fully saturated rings. The predicted octanol–water partition coefficient (Wildman–Crippen LogP) is 2.89. The van der Waals surface area contributed by atoms with Gasteiger partial charge in [0.1, 0.15) is 0 Å². The van der Waals surface area contributed by atoms with Gasteiger partial charge in [-0.05, 0) is 25.1 Å². The zero-order valence-electron chi connectivity index (χ0n) is 9.17. The number of nitrogen functional groups attached to an aromatic ring is 1. The van der Waals surface area contributed by atoms with E-state index in [2.05, 4.69) is 5.32 Å². The third kappa shape index (κ3) is 4.23. The highest BCUT2D eigenvalue weighted by Gasteiger charge is 2.30. The molecule has 0 bridgehead atoms. The van der Waals surface area contributed by atoms with Gasteiger partial charge in [0.2, 0.25) is 0 Å². The number of hydrogen-bond acceptors (Lipinski definition) is 3. The van der Waals surface area contributed by atoms with Crippen molar-refractivity contribution in [2.45, 2.75) is 25.6 Å². The molecule has 3 nitrogen and oxygen atoms in total. The fraction of sp³-hybridized carbons (Fsp3) is 0.364. The maximum Gasteiger partial charge on any atom is 0.391 e. The zero-order chi connectivity index (χ0) is 13.1. The highest BCUT2D eigenvalue weighted by molar-refractivity contribution is 5.68. The van der Waals surface area contributed by atoms with Gasteiger partial charge in [-0.15, -0.1) is 0 Å². The van der Waals surface area contributed by atoms with Crippen LogP contribution < -0.4 is 11.1 Å². The lowest BCUT2D eigenvalue weighted by Gasteiger charge is -2.18. The number of nitrogens with two attached hydrogens (primary N) is 1. The number of rotatable bonds is 3. The van der Waals surface area contributed by atoms with Crippen molar-refractivity contribution in [3.63, 3.8) is 0 Å². The lowest BCUT2D eigenvalue weighted by molar-refractivity contribution is -0.136. The Kier molecular flexibility index (Phi) is 3.84. The molecule has 0 spiro atoms. The SMILES string of the molecule is CC(CC(F)(F)F)Nc1cc(C#N)ccc1N. The smallest absolute Gasteiger partial charge is 0.391 e. The van der Waals surface area contributed by atoms with E-state index in [0.29, 0.717) is 16.9 Å². The Bertz CT molecular complexity index is 435. The number of anilines is 2. The molecular formula is C11H12F3N3. The normalized spacial score (nSPS) is 12.9. The van der Waals surface area contributed by atoms with E-state index in [-0.39, 0.29) is 0 Å². The van der Waals surface area contributed by atoms with Gasteiger partial charge in [-0.3, -0.25) is 0 Å². The molecular weight excluding hydrogens is 231 g/mol. The molecule has 0 aliphatic rings. The summed E-state index contributed by atoms with van der Waals surface area (Å²) in [5.74, 6) is 0. The predicted molar refractivity (Wildman–Crippen MR) is 59.3 cm³/mol. The fourth-order valence-corrected chi connectivity index (χ4v) is 1.41. The Balaban J connectivity index is 2.78. The minimum Gasteiger partial charge on any atom is -0.397 e. The molecule has 1 rings (SSSR count). The molecule has 1 atom stereocenters. The van der Waals surface area contributed by atoms with Gasteiger partial charge in [0.25, 0.3) is 0 Å². The summed E-state index contributed by atoms with van der Waals surface area (Å²) >= 11 is 0. The summed E-state index contributed by atoms with van der Waals surface area (Å²) in [5, 5.41) is 11.3. The van der Waals surface area contributed by atoms with Crippen LogP contribution in [-0.2, 0) is 0 Å². The van der Waals surface area contributed by atoms with E-state index in [1.54, 1.807) is 0 Å². The number of halogens is 3. The first-order chi connectivity index (χ1) is 7.81. The first-order valence-corrected chi connectivity index (χ1v) is 4.95. The summed E-state index contributed by atoms with van der Waals surface area (Å²) in [6, 6.07) is 5.53. The number of nitrogens with one attached hydrogen (secondary N) is 1. The Morgan fingerprint density at radius 1 is 1.47 bits per heavy atom. The standard InChI is InChI=1S/C11H12F3N3/c1-7(5-11(12,13)14)17-10-4-8(6-15)2-3-9(10)16/h2-4,7,17H,5,16H2,1H3. The quantitative estimate of drug-likeness (QED) is 0.802. The van der Waals surface area contributed by atoms with Gasteiger partial charge in [-0.2, -0.15) is 18.4 Å². The Morgan fingerprint density at radius 3 is 2.65 bits per heavy atom. The van der Waals surface area contributed by atoms with Crippen molar-refractivity contribution < 1.29 is 13.2 Å². The van der Waals surface area contributed by atoms with E-state index in [1.807, 2.05) is 6.07 Å². The number of nitriles is 1. The molecule has 1 aromatic rings. The maximum absolute atomic E-state index is 12.1. The number of alkyl halides is 3. The summed E-state index contributed by atoms with van der Waals surface area (Å²) in [6.45, 7) is 1.41. The number of benzene rings is 1. The highest BCUT2D eigenvalue weighted by atomic mass is 19.4. The topological polar surface area (TPSA) is 61.8 Å². The second-order valence-electron chi connectivity index (χ2n) is 3.78. The second-order valence-corrected chi connectivity index (χ2v) is 3.78. The van der Waals surface area contributed by atoms with Gasteiger partial charge >= 0.3 is 6.18 Å². The van der Waals surface area contributed by atoms with Gasteiger partial charge in [0.05, 0.1) is 29.4 Å². The lowest BCUT2D eigenvalue weighted by atomic mass is 10.1. The molecule has 3 N–H and O–H groups in total. The van der Waals surface area contributed by atoms with Crippen molar-refractivity contribution in [3.8, 4) is 6.07 Å². The van der Waals surface area contributed by atoms with E-state index in [0.717, 1.165) is 0 Å². The molecule has 1 aromatic carbocycles. The Labute approximate surface area is 97.0 Å². The molecule has 0 aromatic heterocycles. The van der Waals surface area contributed by atoms with Crippen LogP contribution in [-0.4, -0.2) is 12.2 Å². The van der Waals surface area contributed by atoms with Gasteiger partial charge in [-0.1, -0.05) is 0 Å². The van der Waals surface area contributed by atoms with E-state index >= 15 is 0 Å². The summed E-state index contributed by atoms with van der Waals surface area (Å²) in [4.78, 5) is 0. The lowest BCUT2D eigenvalue weighted by Crippen LogP contribution is -2.24. The molecule has 0 saturated heterocycles. The molecule has 0 aliphatic carbocycles. The van der Waals surface area contributed by atoms with E-state index in [4.69, 9.17) is 11.0 Å². The van der Waals surface area contributed by atoms with Gasteiger partial charge in [-0.25, -0.2) is 0 Å². The van der Waals surface area contributed by atoms with Crippen molar-refractivity contribution in [2.24, 2.45) is 0 Å². The van der Waals surface area contributed by atoms with Crippen LogP contribution in [0, 0.1) is 11.3 Å². The third-order valence-electron chi connectivity index (χ3n) is 2.12. The van der Waals surface area contributed by atoms with Crippen LogP contribution in [0.5, 0.6) is 0 Å². The Hall–Kier alpha value is -1.90. The minimum absolute atomic E-state index is 0.318. The summed E-state index contributed by atoms with van der Waals surface area (Å²) in [7, 11) is 0. The van der Waals surface area contributed by atoms with Gasteiger partial charge in [0, 0.05) is 6.04 Å². The summed E-state index contributed by atoms with van der Waals surface area (Å²) in [6.07, 6.45) is -5.18. The molecule has 0 radical (unpaired) electrons. The van der Waals surface area contributed by atoms with E-state index < -0.39 is 18.6 Å². The highest BCUT2D eigenvalue weighted by Crippen LogP contribution is 2.26. The Morgan fingerprint density at radius 2 is 2.12 bits per heavy atom. The summed E-state index contributed by atoms with van der Waals surface area (Å²) in [5.41, 5.74) is 6.62. The first kappa shape index (κ1) is 13.2. The molecule has 17 heavy (non-hydrogen) atoms. The van der Waals surface area contributed by atoms with Crippen LogP contribution >= 0.6 is 0 Å². The van der Waals surface area contributed by atoms with Crippen molar-refractivity contribution >= 4 is 11.4 Å². The average Bonchev–Trinajstić information content (AvgIpc) is 2.18. The minimum atomic E-state index is -4.23. The number of hydrogen-bond donors (Lipinski definition) is 2. The van der Waals surface area contributed by atoms with E-state index in [1.165, 1.54) is 25.1 Å². The van der Waals surface area contributed by atoms with Crippen LogP contribution in [0.25, 0.3) is 0 Å². The monoisotopic (exact) mass is 243 g/mol. The average molecular weight is 243 g/mol. The molecule has 0 saturated carbocycles. The molecule has 92 valence electrons. The van der Waals surface area contributed by atoms with Gasteiger partial charge in [0.15, 0.2) is 0 Å². The van der Waals surface area contributed by atoms with Crippen molar-refractivity contribution in [3.05, 3.63) is 23.8 Å². The van der Waals surface area contributed by atoms with Crippen LogP contribution in [0.2, 0.25) is 0 Å². The van der Waals surface area contributed by atoms with Crippen molar-refractivity contribution in [1.29, 1.82) is 5.26 Å². The van der Waals surface area contributed by atoms with Gasteiger partial charge < -0.3 is 11.1 Å². The molecule has 1 unspecified atom stereocenters. The molecule has 6 heteroatoms. The molecule has 0 amide bonds. The fourth-order valence-electron chi connectivity index (χ4n) is 1.41. The van der Waals surface area contributed by atoms with E-state index in [9.17, 15) is 13.2 Å². The maximum atomic E-state index is 12.1. The van der Waals surface area contributed by atoms with Crippen molar-refractivity contribution in [2.75, 3.05) is 11.1 Å². The van der Waals surface area contributed by atoms with Crippen LogP contribution in [0.4, 0.5) is 24.5 Å². The summed E-state index contributed by atoms with van der Waals surface area (Å²) < 4.78 is 36.4. The third-order valence-corrected chi connectivity index (χ3v) is 2.12. The first-order valence-electron chi connectivity index (χ1n) is 4.95. The molecule has 0 heterocycles.